The van der Waals surface area contributed by atoms with Gasteiger partial charge in [-0.3, -0.25) is 9.80 Å². The van der Waals surface area contributed by atoms with Crippen LogP contribution in [0.3, 0.4) is 0 Å². The fourth-order valence-corrected chi connectivity index (χ4v) is 2.52. The van der Waals surface area contributed by atoms with Crippen molar-refractivity contribution >= 4 is 0 Å². The summed E-state index contributed by atoms with van der Waals surface area (Å²) in [5.41, 5.74) is 0. The SMILES string of the molecule is CN1CCN2CCCCCCC12. The molecular formula is C10H20N2. The van der Waals surface area contributed by atoms with E-state index < -0.39 is 0 Å². The van der Waals surface area contributed by atoms with Gasteiger partial charge in [-0.05, 0) is 26.4 Å². The Kier molecular flexibility index (Phi) is 2.66. The first-order valence-corrected chi connectivity index (χ1v) is 5.32. The Labute approximate surface area is 75.5 Å². The van der Waals surface area contributed by atoms with Gasteiger partial charge in [0, 0.05) is 13.1 Å². The molecule has 2 fully saturated rings. The van der Waals surface area contributed by atoms with Gasteiger partial charge in [0.05, 0.1) is 6.17 Å². The van der Waals surface area contributed by atoms with Crippen LogP contribution >= 0.6 is 0 Å². The van der Waals surface area contributed by atoms with E-state index in [1.54, 1.807) is 0 Å². The molecular weight excluding hydrogens is 148 g/mol. The Morgan fingerprint density at radius 3 is 2.67 bits per heavy atom. The summed E-state index contributed by atoms with van der Waals surface area (Å²) >= 11 is 0. The quantitative estimate of drug-likeness (QED) is 0.541. The van der Waals surface area contributed by atoms with Crippen molar-refractivity contribution in [1.29, 1.82) is 0 Å². The van der Waals surface area contributed by atoms with Gasteiger partial charge in [0.2, 0.25) is 0 Å². The minimum absolute atomic E-state index is 0.783. The molecule has 2 rings (SSSR count). The standard InChI is InChI=1S/C10H20N2/c1-11-8-9-12-7-5-3-2-4-6-10(11)12/h10H,2-9H2,1H3. The lowest BCUT2D eigenvalue weighted by Gasteiger charge is -2.29. The molecule has 1 unspecified atom stereocenters. The predicted octanol–water partition coefficient (Wildman–Crippen LogP) is 1.52. The number of nitrogens with zero attached hydrogens (tertiary/aromatic N) is 2. The molecule has 0 aromatic heterocycles. The first-order chi connectivity index (χ1) is 5.88. The third kappa shape index (κ3) is 1.64. The highest BCUT2D eigenvalue weighted by Crippen LogP contribution is 2.22. The van der Waals surface area contributed by atoms with Gasteiger partial charge >= 0.3 is 0 Å². The Bertz CT molecular complexity index is 147. The van der Waals surface area contributed by atoms with Crippen molar-refractivity contribution in [3.63, 3.8) is 0 Å². The highest BCUT2D eigenvalue weighted by molar-refractivity contribution is 4.80. The van der Waals surface area contributed by atoms with Crippen molar-refractivity contribution in [2.24, 2.45) is 0 Å². The van der Waals surface area contributed by atoms with Gasteiger partial charge in [0.15, 0.2) is 0 Å². The molecule has 2 saturated heterocycles. The second-order valence-corrected chi connectivity index (χ2v) is 4.20. The van der Waals surface area contributed by atoms with Crippen molar-refractivity contribution < 1.29 is 0 Å². The lowest BCUT2D eigenvalue weighted by Crippen LogP contribution is -2.38. The van der Waals surface area contributed by atoms with Crippen LogP contribution in [-0.2, 0) is 0 Å². The van der Waals surface area contributed by atoms with E-state index in [0.717, 1.165) is 6.17 Å². The number of fused-ring (bicyclic) bond motifs is 1. The molecule has 2 aliphatic rings. The van der Waals surface area contributed by atoms with Crippen LogP contribution in [0.5, 0.6) is 0 Å². The molecule has 0 aromatic rings. The molecule has 12 heavy (non-hydrogen) atoms. The lowest BCUT2D eigenvalue weighted by molar-refractivity contribution is 0.134. The van der Waals surface area contributed by atoms with Gasteiger partial charge in [-0.25, -0.2) is 0 Å². The molecule has 1 atom stereocenters. The minimum Gasteiger partial charge on any atom is -0.290 e. The van der Waals surface area contributed by atoms with Gasteiger partial charge in [-0.1, -0.05) is 19.3 Å². The summed E-state index contributed by atoms with van der Waals surface area (Å²) in [5, 5.41) is 0. The molecule has 0 aromatic carbocycles. The molecule has 0 spiro atoms. The number of hydrogen-bond donors (Lipinski definition) is 0. The first kappa shape index (κ1) is 8.52. The van der Waals surface area contributed by atoms with E-state index in [2.05, 4.69) is 16.8 Å². The summed E-state index contributed by atoms with van der Waals surface area (Å²) in [4.78, 5) is 5.18. The molecule has 2 heterocycles. The molecule has 2 nitrogen and oxygen atoms in total. The number of rotatable bonds is 0. The molecule has 0 N–H and O–H groups in total. The maximum Gasteiger partial charge on any atom is 0.0620 e. The zero-order valence-corrected chi connectivity index (χ0v) is 8.13. The fourth-order valence-electron chi connectivity index (χ4n) is 2.52. The fraction of sp³-hybridized carbons (Fsp3) is 1.00. The van der Waals surface area contributed by atoms with E-state index in [9.17, 15) is 0 Å². The molecule has 2 heteroatoms. The van der Waals surface area contributed by atoms with E-state index in [1.165, 1.54) is 51.7 Å². The van der Waals surface area contributed by atoms with E-state index in [1.807, 2.05) is 0 Å². The Morgan fingerprint density at radius 2 is 1.75 bits per heavy atom. The molecule has 0 radical (unpaired) electrons. The van der Waals surface area contributed by atoms with Crippen LogP contribution in [0.2, 0.25) is 0 Å². The smallest absolute Gasteiger partial charge is 0.0620 e. The summed E-state index contributed by atoms with van der Waals surface area (Å²) in [6.45, 7) is 3.93. The van der Waals surface area contributed by atoms with Gasteiger partial charge in [0.25, 0.3) is 0 Å². The molecule has 0 aliphatic carbocycles. The molecule has 0 amide bonds. The van der Waals surface area contributed by atoms with E-state index in [-0.39, 0.29) is 0 Å². The van der Waals surface area contributed by atoms with Gasteiger partial charge in [-0.2, -0.15) is 0 Å². The monoisotopic (exact) mass is 168 g/mol. The Hall–Kier alpha value is -0.0800. The highest BCUT2D eigenvalue weighted by Gasteiger charge is 2.28. The first-order valence-electron chi connectivity index (χ1n) is 5.32. The highest BCUT2D eigenvalue weighted by atomic mass is 15.4. The van der Waals surface area contributed by atoms with Crippen LogP contribution < -0.4 is 0 Å². The maximum absolute atomic E-state index is 2.67. The van der Waals surface area contributed by atoms with Crippen molar-refractivity contribution in [1.82, 2.24) is 9.80 Å². The Morgan fingerprint density at radius 1 is 0.917 bits per heavy atom. The van der Waals surface area contributed by atoms with Crippen LogP contribution in [-0.4, -0.2) is 42.6 Å². The third-order valence-electron chi connectivity index (χ3n) is 3.33. The van der Waals surface area contributed by atoms with Crippen molar-refractivity contribution in [2.45, 2.75) is 38.3 Å². The molecule has 70 valence electrons. The number of likely N-dealkylation sites (N-methyl/N-ethyl adjacent to an activating group) is 1. The summed E-state index contributed by atoms with van der Waals surface area (Å²) in [5.74, 6) is 0. The second-order valence-electron chi connectivity index (χ2n) is 4.20. The summed E-state index contributed by atoms with van der Waals surface area (Å²) in [6, 6.07) is 0. The van der Waals surface area contributed by atoms with E-state index >= 15 is 0 Å². The van der Waals surface area contributed by atoms with Gasteiger partial charge in [-0.15, -0.1) is 0 Å². The normalized spacial score (nSPS) is 34.2. The Balaban J connectivity index is 1.95. The zero-order valence-electron chi connectivity index (χ0n) is 8.13. The predicted molar refractivity (Wildman–Crippen MR) is 51.1 cm³/mol. The second kappa shape index (κ2) is 3.75. The molecule has 2 aliphatic heterocycles. The van der Waals surface area contributed by atoms with Crippen LogP contribution in [0.4, 0.5) is 0 Å². The summed E-state index contributed by atoms with van der Waals surface area (Å²) < 4.78 is 0. The van der Waals surface area contributed by atoms with Crippen LogP contribution in [0.1, 0.15) is 32.1 Å². The topological polar surface area (TPSA) is 6.48 Å². The van der Waals surface area contributed by atoms with Crippen LogP contribution in [0.25, 0.3) is 0 Å². The number of hydrogen-bond acceptors (Lipinski definition) is 2. The molecule has 0 saturated carbocycles. The minimum atomic E-state index is 0.783. The average molecular weight is 168 g/mol. The van der Waals surface area contributed by atoms with Crippen molar-refractivity contribution in [2.75, 3.05) is 26.7 Å². The summed E-state index contributed by atoms with van der Waals surface area (Å²) in [6.07, 6.45) is 7.95. The van der Waals surface area contributed by atoms with Gasteiger partial charge in [0.1, 0.15) is 0 Å². The average Bonchev–Trinajstić information content (AvgIpc) is 2.31. The van der Waals surface area contributed by atoms with Crippen molar-refractivity contribution in [3.05, 3.63) is 0 Å². The summed E-state index contributed by atoms with van der Waals surface area (Å²) in [7, 11) is 2.27. The van der Waals surface area contributed by atoms with E-state index in [0.29, 0.717) is 0 Å². The maximum atomic E-state index is 2.67. The van der Waals surface area contributed by atoms with Crippen LogP contribution in [0.15, 0.2) is 0 Å². The lowest BCUT2D eigenvalue weighted by atomic mass is 10.1. The third-order valence-corrected chi connectivity index (χ3v) is 3.33. The molecule has 0 bridgehead atoms. The largest absolute Gasteiger partial charge is 0.290 e. The van der Waals surface area contributed by atoms with Crippen LogP contribution in [0, 0.1) is 0 Å². The van der Waals surface area contributed by atoms with E-state index in [4.69, 9.17) is 0 Å². The van der Waals surface area contributed by atoms with Gasteiger partial charge < -0.3 is 0 Å². The van der Waals surface area contributed by atoms with Crippen molar-refractivity contribution in [3.8, 4) is 0 Å². The zero-order chi connectivity index (χ0) is 8.39.